The van der Waals surface area contributed by atoms with E-state index in [-0.39, 0.29) is 0 Å². The van der Waals surface area contributed by atoms with Crippen LogP contribution in [0, 0.1) is 11.8 Å². The molecule has 4 aliphatic rings. The minimum atomic E-state index is 0.326. The molecule has 1 aromatic carbocycles. The fraction of sp³-hybridized carbons (Fsp3) is 0.600. The third-order valence-electron chi connectivity index (χ3n) is 6.89. The maximum absolute atomic E-state index is 3.85. The number of piperidine rings is 2. The lowest BCUT2D eigenvalue weighted by Gasteiger charge is -2.58. The van der Waals surface area contributed by atoms with E-state index in [1.807, 2.05) is 0 Å². The highest BCUT2D eigenvalue weighted by Crippen LogP contribution is 2.54. The molecule has 5 atom stereocenters. The van der Waals surface area contributed by atoms with Crippen LogP contribution in [0.25, 0.3) is 10.9 Å². The number of benzene rings is 1. The average Bonchev–Trinajstić information content (AvgIpc) is 2.88. The summed E-state index contributed by atoms with van der Waals surface area (Å²) in [5.41, 5.74) is 4.86. The normalized spacial score (nSPS) is 39.7. The van der Waals surface area contributed by atoms with E-state index in [4.69, 9.17) is 0 Å². The molecule has 0 radical (unpaired) electrons. The van der Waals surface area contributed by atoms with E-state index in [1.54, 1.807) is 11.3 Å². The lowest BCUT2D eigenvalue weighted by Crippen LogP contribution is -2.63. The lowest BCUT2D eigenvalue weighted by atomic mass is 9.57. The molecule has 0 spiro atoms. The molecule has 1 aromatic heterocycles. The maximum atomic E-state index is 3.85. The van der Waals surface area contributed by atoms with E-state index in [0.29, 0.717) is 5.41 Å². The third-order valence-corrected chi connectivity index (χ3v) is 6.89. The van der Waals surface area contributed by atoms with Crippen LogP contribution >= 0.6 is 0 Å². The number of rotatable bonds is 1. The first-order valence-electron chi connectivity index (χ1n) is 9.05. The van der Waals surface area contributed by atoms with Gasteiger partial charge in [-0.1, -0.05) is 38.5 Å². The lowest BCUT2D eigenvalue weighted by molar-refractivity contribution is -0.0522. The molecule has 4 heterocycles. The Balaban J connectivity index is 1.75. The molecule has 6 rings (SSSR count). The number of hydrogen-bond acceptors (Lipinski definition) is 1. The smallest absolute Gasteiger partial charge is 0.0459 e. The zero-order valence-corrected chi connectivity index (χ0v) is 13.7. The Morgan fingerprint density at radius 1 is 1.32 bits per heavy atom. The topological polar surface area (TPSA) is 19.0 Å². The SMILES string of the molecule is CC[C@H]1C[C@@H]2CN3CCc4c([nH]c5ccccc45)C(C)(C2)[C@H]13. The van der Waals surface area contributed by atoms with Gasteiger partial charge in [-0.2, -0.15) is 0 Å². The molecule has 2 unspecified atom stereocenters. The summed E-state index contributed by atoms with van der Waals surface area (Å²) in [6.45, 7) is 7.55. The van der Waals surface area contributed by atoms with Gasteiger partial charge < -0.3 is 4.98 Å². The second-order valence-electron chi connectivity index (χ2n) is 8.11. The fourth-order valence-corrected chi connectivity index (χ4v) is 6.24. The van der Waals surface area contributed by atoms with E-state index < -0.39 is 0 Å². The number of nitrogens with one attached hydrogen (secondary N) is 1. The highest BCUT2D eigenvalue weighted by atomic mass is 15.2. The van der Waals surface area contributed by atoms with Crippen LogP contribution in [0.1, 0.15) is 44.4 Å². The van der Waals surface area contributed by atoms with Gasteiger partial charge in [0.15, 0.2) is 0 Å². The summed E-state index contributed by atoms with van der Waals surface area (Å²) >= 11 is 0. The van der Waals surface area contributed by atoms with Crippen LogP contribution in [-0.2, 0) is 11.8 Å². The van der Waals surface area contributed by atoms with E-state index in [0.717, 1.165) is 17.9 Å². The molecule has 3 fully saturated rings. The quantitative estimate of drug-likeness (QED) is 0.839. The standard InChI is InChI=1S/C20H26N2/c1-3-14-10-13-11-20(2)18-16(8-9-22(12-13)19(14)20)15-6-4-5-7-17(15)21-18/h4-7,13-14,19,21H,3,8-12H2,1-2H3/t13-,14-,19-,20?/m0/s1. The summed E-state index contributed by atoms with van der Waals surface area (Å²) in [6, 6.07) is 9.67. The molecule has 0 amide bonds. The van der Waals surface area contributed by atoms with Crippen molar-refractivity contribution in [3.05, 3.63) is 35.5 Å². The molecule has 2 saturated heterocycles. The summed E-state index contributed by atoms with van der Waals surface area (Å²) in [5.74, 6) is 1.78. The first-order chi connectivity index (χ1) is 10.7. The summed E-state index contributed by atoms with van der Waals surface area (Å²) in [5, 5.41) is 1.47. The van der Waals surface area contributed by atoms with Crippen LogP contribution in [0.4, 0.5) is 0 Å². The summed E-state index contributed by atoms with van der Waals surface area (Å²) in [7, 11) is 0. The molecule has 3 aliphatic heterocycles. The monoisotopic (exact) mass is 294 g/mol. The molecule has 2 aromatic rings. The molecular weight excluding hydrogens is 268 g/mol. The van der Waals surface area contributed by atoms with Crippen LogP contribution in [0.2, 0.25) is 0 Å². The van der Waals surface area contributed by atoms with Crippen molar-refractivity contribution in [1.29, 1.82) is 0 Å². The van der Waals surface area contributed by atoms with Gasteiger partial charge in [0.25, 0.3) is 0 Å². The minimum Gasteiger partial charge on any atom is -0.358 e. The van der Waals surface area contributed by atoms with Crippen molar-refractivity contribution < 1.29 is 0 Å². The first kappa shape index (κ1) is 13.2. The van der Waals surface area contributed by atoms with Gasteiger partial charge in [-0.25, -0.2) is 0 Å². The second-order valence-corrected chi connectivity index (χ2v) is 8.11. The van der Waals surface area contributed by atoms with Crippen molar-refractivity contribution in [1.82, 2.24) is 9.88 Å². The third kappa shape index (κ3) is 1.54. The van der Waals surface area contributed by atoms with Crippen LogP contribution in [-0.4, -0.2) is 29.0 Å². The molecule has 2 nitrogen and oxygen atoms in total. The van der Waals surface area contributed by atoms with Crippen molar-refractivity contribution >= 4 is 10.9 Å². The first-order valence-corrected chi connectivity index (χ1v) is 9.05. The molecule has 1 aliphatic carbocycles. The largest absolute Gasteiger partial charge is 0.358 e. The van der Waals surface area contributed by atoms with Gasteiger partial charge in [-0.05, 0) is 42.7 Å². The van der Waals surface area contributed by atoms with Gasteiger partial charge in [0.05, 0.1) is 0 Å². The van der Waals surface area contributed by atoms with Gasteiger partial charge in [0, 0.05) is 41.1 Å². The van der Waals surface area contributed by atoms with Crippen LogP contribution in [0.15, 0.2) is 24.3 Å². The maximum Gasteiger partial charge on any atom is 0.0459 e. The molecule has 4 bridgehead atoms. The minimum absolute atomic E-state index is 0.326. The number of hydrogen-bond donors (Lipinski definition) is 1. The van der Waals surface area contributed by atoms with Gasteiger partial charge in [0.2, 0.25) is 0 Å². The Hall–Kier alpha value is -1.28. The highest BCUT2D eigenvalue weighted by Gasteiger charge is 2.55. The summed E-state index contributed by atoms with van der Waals surface area (Å²) in [6.07, 6.45) is 5.39. The Morgan fingerprint density at radius 3 is 3.05 bits per heavy atom. The zero-order chi connectivity index (χ0) is 14.9. The van der Waals surface area contributed by atoms with E-state index in [9.17, 15) is 0 Å². The van der Waals surface area contributed by atoms with Gasteiger partial charge in [-0.3, -0.25) is 4.90 Å². The van der Waals surface area contributed by atoms with Crippen molar-refractivity contribution in [2.24, 2.45) is 11.8 Å². The molecular formula is C20H26N2. The molecule has 22 heavy (non-hydrogen) atoms. The van der Waals surface area contributed by atoms with Crippen molar-refractivity contribution in [3.8, 4) is 0 Å². The van der Waals surface area contributed by atoms with E-state index in [2.05, 4.69) is 48.0 Å². The van der Waals surface area contributed by atoms with Crippen LogP contribution in [0.5, 0.6) is 0 Å². The van der Waals surface area contributed by atoms with Crippen molar-refractivity contribution in [3.63, 3.8) is 0 Å². The molecule has 116 valence electrons. The van der Waals surface area contributed by atoms with Gasteiger partial charge in [0.1, 0.15) is 0 Å². The predicted octanol–water partition coefficient (Wildman–Crippen LogP) is 4.10. The highest BCUT2D eigenvalue weighted by molar-refractivity contribution is 5.85. The number of fused-ring (bicyclic) bond motifs is 4. The average molecular weight is 294 g/mol. The number of aromatic amines is 1. The van der Waals surface area contributed by atoms with Crippen LogP contribution in [0.3, 0.4) is 0 Å². The number of aromatic nitrogens is 1. The molecule has 1 saturated carbocycles. The Labute approximate surface area is 132 Å². The second kappa shape index (κ2) is 4.38. The Morgan fingerprint density at radius 2 is 2.18 bits per heavy atom. The van der Waals surface area contributed by atoms with Gasteiger partial charge >= 0.3 is 0 Å². The fourth-order valence-electron chi connectivity index (χ4n) is 6.24. The van der Waals surface area contributed by atoms with E-state index >= 15 is 0 Å². The Bertz CT molecular complexity index is 730. The molecule has 2 heteroatoms. The van der Waals surface area contributed by atoms with Gasteiger partial charge in [-0.15, -0.1) is 0 Å². The number of para-hydroxylation sites is 1. The number of nitrogens with zero attached hydrogens (tertiary/aromatic N) is 1. The van der Waals surface area contributed by atoms with Crippen LogP contribution < -0.4 is 0 Å². The summed E-state index contributed by atoms with van der Waals surface area (Å²) in [4.78, 5) is 6.70. The predicted molar refractivity (Wildman–Crippen MR) is 91.2 cm³/mol. The van der Waals surface area contributed by atoms with E-state index in [1.165, 1.54) is 49.7 Å². The summed E-state index contributed by atoms with van der Waals surface area (Å²) < 4.78 is 0. The number of H-pyrrole nitrogens is 1. The molecule has 1 N–H and O–H groups in total. The van der Waals surface area contributed by atoms with Crippen molar-refractivity contribution in [2.45, 2.75) is 51.0 Å². The van der Waals surface area contributed by atoms with Crippen molar-refractivity contribution in [2.75, 3.05) is 13.1 Å². The zero-order valence-electron chi connectivity index (χ0n) is 13.7. The Kier molecular flexibility index (Phi) is 2.63.